The fraction of sp³-hybridized carbons (Fsp3) is 0.786. The number of nitrogens with zero attached hydrogens (tertiary/aromatic N) is 2. The Labute approximate surface area is 116 Å². The Balaban J connectivity index is 2.93. The second kappa shape index (κ2) is 7.85. The summed E-state index contributed by atoms with van der Waals surface area (Å²) in [4.78, 5) is 0. The Hall–Kier alpha value is -0.480. The first-order chi connectivity index (χ1) is 8.63. The second-order valence-electron chi connectivity index (χ2n) is 4.83. The van der Waals surface area contributed by atoms with Gasteiger partial charge in [0.1, 0.15) is 0 Å². The molecule has 0 aliphatic rings. The van der Waals surface area contributed by atoms with E-state index < -0.39 is 0 Å². The van der Waals surface area contributed by atoms with E-state index in [1.165, 1.54) is 17.0 Å². The molecule has 0 bridgehead atoms. The molecule has 1 aromatic rings. The first kappa shape index (κ1) is 15.6. The van der Waals surface area contributed by atoms with Crippen LogP contribution in [0.25, 0.3) is 0 Å². The van der Waals surface area contributed by atoms with E-state index in [0.29, 0.717) is 6.04 Å². The molecule has 1 rings (SSSR count). The molecule has 0 aromatic carbocycles. The third kappa shape index (κ3) is 4.02. The minimum atomic E-state index is 0.522. The van der Waals surface area contributed by atoms with Gasteiger partial charge < -0.3 is 5.32 Å². The van der Waals surface area contributed by atoms with Crippen molar-refractivity contribution >= 4 is 11.8 Å². The lowest BCUT2D eigenvalue weighted by atomic mass is 10.1. The smallest absolute Gasteiger partial charge is 0.0669 e. The molecule has 1 aromatic heterocycles. The maximum Gasteiger partial charge on any atom is 0.0669 e. The second-order valence-corrected chi connectivity index (χ2v) is 5.82. The molecule has 0 saturated heterocycles. The minimum Gasteiger partial charge on any atom is -0.310 e. The Morgan fingerprint density at radius 1 is 1.28 bits per heavy atom. The number of aryl methyl sites for hydroxylation is 2. The highest BCUT2D eigenvalue weighted by Crippen LogP contribution is 2.17. The lowest BCUT2D eigenvalue weighted by Gasteiger charge is -2.10. The van der Waals surface area contributed by atoms with Crippen LogP contribution < -0.4 is 5.32 Å². The van der Waals surface area contributed by atoms with Crippen molar-refractivity contribution in [1.29, 1.82) is 0 Å². The summed E-state index contributed by atoms with van der Waals surface area (Å²) in [7, 11) is 0. The van der Waals surface area contributed by atoms with E-state index in [2.05, 4.69) is 43.9 Å². The van der Waals surface area contributed by atoms with Gasteiger partial charge in [0, 0.05) is 29.6 Å². The van der Waals surface area contributed by atoms with Gasteiger partial charge in [0.25, 0.3) is 0 Å². The average Bonchev–Trinajstić information content (AvgIpc) is 2.70. The fourth-order valence-electron chi connectivity index (χ4n) is 2.14. The van der Waals surface area contributed by atoms with Gasteiger partial charge in [-0.15, -0.1) is 0 Å². The number of hydrogen-bond acceptors (Lipinski definition) is 3. The average molecular weight is 269 g/mol. The normalized spacial score (nSPS) is 11.4. The Bertz CT molecular complexity index is 358. The summed E-state index contributed by atoms with van der Waals surface area (Å²) in [6.45, 7) is 10.8. The zero-order valence-electron chi connectivity index (χ0n) is 12.4. The Kier molecular flexibility index (Phi) is 6.79. The van der Waals surface area contributed by atoms with E-state index in [1.807, 2.05) is 11.8 Å². The number of nitrogens with one attached hydrogen (secondary N) is 1. The number of thioether (sulfide) groups is 1. The van der Waals surface area contributed by atoms with Crippen LogP contribution in [0, 0.1) is 0 Å². The third-order valence-electron chi connectivity index (χ3n) is 3.11. The first-order valence-electron chi connectivity index (χ1n) is 6.93. The highest BCUT2D eigenvalue weighted by molar-refractivity contribution is 7.98. The molecular weight excluding hydrogens is 242 g/mol. The van der Waals surface area contributed by atoms with Gasteiger partial charge in [-0.2, -0.15) is 16.9 Å². The summed E-state index contributed by atoms with van der Waals surface area (Å²) in [5, 5.41) is 8.30. The molecule has 0 radical (unpaired) electrons. The van der Waals surface area contributed by atoms with Crippen LogP contribution in [0.5, 0.6) is 0 Å². The maximum absolute atomic E-state index is 4.78. The van der Waals surface area contributed by atoms with Crippen LogP contribution in [0.2, 0.25) is 0 Å². The summed E-state index contributed by atoms with van der Waals surface area (Å²) in [5.41, 5.74) is 4.10. The van der Waals surface area contributed by atoms with Gasteiger partial charge in [0.2, 0.25) is 0 Å². The Morgan fingerprint density at radius 3 is 2.50 bits per heavy atom. The quantitative estimate of drug-likeness (QED) is 0.787. The number of rotatable bonds is 8. The summed E-state index contributed by atoms with van der Waals surface area (Å²) in [5.74, 6) is 1.13. The van der Waals surface area contributed by atoms with Crippen molar-refractivity contribution in [3.05, 3.63) is 17.0 Å². The van der Waals surface area contributed by atoms with Crippen molar-refractivity contribution < 1.29 is 0 Å². The molecule has 3 nitrogen and oxygen atoms in total. The van der Waals surface area contributed by atoms with E-state index in [9.17, 15) is 0 Å². The third-order valence-corrected chi connectivity index (χ3v) is 3.70. The fourth-order valence-corrected chi connectivity index (χ4v) is 2.50. The monoisotopic (exact) mass is 269 g/mol. The molecule has 0 aliphatic heterocycles. The molecule has 1 N–H and O–H groups in total. The van der Waals surface area contributed by atoms with Crippen LogP contribution in [0.15, 0.2) is 0 Å². The molecule has 0 atom stereocenters. The van der Waals surface area contributed by atoms with Crippen LogP contribution in [-0.4, -0.2) is 27.8 Å². The summed E-state index contributed by atoms with van der Waals surface area (Å²) in [6, 6.07) is 0.522. The van der Waals surface area contributed by atoms with Gasteiger partial charge >= 0.3 is 0 Å². The van der Waals surface area contributed by atoms with Crippen molar-refractivity contribution in [2.75, 3.05) is 12.0 Å². The number of aromatic nitrogens is 2. The van der Waals surface area contributed by atoms with Gasteiger partial charge in [-0.05, 0) is 19.1 Å². The molecule has 0 spiro atoms. The summed E-state index contributed by atoms with van der Waals surface area (Å²) in [6.07, 6.45) is 4.24. The van der Waals surface area contributed by atoms with Crippen molar-refractivity contribution in [2.45, 2.75) is 59.7 Å². The topological polar surface area (TPSA) is 29.9 Å². The summed E-state index contributed by atoms with van der Waals surface area (Å²) < 4.78 is 2.21. The standard InChI is InChI=1S/C14H27N3S/c1-6-13-12(10-15-11(3)4)14(7-2)17(16-13)8-9-18-5/h11,15H,6-10H2,1-5H3. The predicted octanol–water partition coefficient (Wildman–Crippen LogP) is 2.87. The molecule has 1 heterocycles. The van der Waals surface area contributed by atoms with Gasteiger partial charge in [-0.3, -0.25) is 4.68 Å². The SMILES string of the molecule is CCc1nn(CCSC)c(CC)c1CNC(C)C. The lowest BCUT2D eigenvalue weighted by molar-refractivity contribution is 0.580. The zero-order valence-corrected chi connectivity index (χ0v) is 13.2. The van der Waals surface area contributed by atoms with E-state index >= 15 is 0 Å². The molecule has 0 aliphatic carbocycles. The van der Waals surface area contributed by atoms with Crippen LogP contribution in [0.4, 0.5) is 0 Å². The molecule has 0 amide bonds. The van der Waals surface area contributed by atoms with Crippen LogP contribution in [-0.2, 0) is 25.9 Å². The van der Waals surface area contributed by atoms with Gasteiger partial charge in [0.15, 0.2) is 0 Å². The van der Waals surface area contributed by atoms with Crippen LogP contribution in [0.3, 0.4) is 0 Å². The van der Waals surface area contributed by atoms with E-state index in [0.717, 1.165) is 31.7 Å². The van der Waals surface area contributed by atoms with Gasteiger partial charge in [-0.25, -0.2) is 0 Å². The van der Waals surface area contributed by atoms with Gasteiger partial charge in [-0.1, -0.05) is 27.7 Å². The highest BCUT2D eigenvalue weighted by atomic mass is 32.2. The zero-order chi connectivity index (χ0) is 13.5. The minimum absolute atomic E-state index is 0.522. The van der Waals surface area contributed by atoms with Crippen LogP contribution in [0.1, 0.15) is 44.6 Å². The van der Waals surface area contributed by atoms with Crippen molar-refractivity contribution in [2.24, 2.45) is 0 Å². The Morgan fingerprint density at radius 2 is 2.00 bits per heavy atom. The first-order valence-corrected chi connectivity index (χ1v) is 8.33. The van der Waals surface area contributed by atoms with Crippen molar-refractivity contribution in [3.8, 4) is 0 Å². The molecule has 0 fully saturated rings. The molecular formula is C14H27N3S. The number of hydrogen-bond donors (Lipinski definition) is 1. The molecule has 0 unspecified atom stereocenters. The maximum atomic E-state index is 4.78. The summed E-state index contributed by atoms with van der Waals surface area (Å²) >= 11 is 1.88. The lowest BCUT2D eigenvalue weighted by Crippen LogP contribution is -2.23. The molecule has 18 heavy (non-hydrogen) atoms. The van der Waals surface area contributed by atoms with E-state index in [1.54, 1.807) is 0 Å². The molecule has 4 heteroatoms. The molecule has 104 valence electrons. The van der Waals surface area contributed by atoms with Crippen LogP contribution >= 0.6 is 11.8 Å². The molecule has 0 saturated carbocycles. The van der Waals surface area contributed by atoms with E-state index in [4.69, 9.17) is 5.10 Å². The van der Waals surface area contributed by atoms with Crippen molar-refractivity contribution in [1.82, 2.24) is 15.1 Å². The predicted molar refractivity (Wildman–Crippen MR) is 81.3 cm³/mol. The highest BCUT2D eigenvalue weighted by Gasteiger charge is 2.15. The van der Waals surface area contributed by atoms with E-state index in [-0.39, 0.29) is 0 Å². The van der Waals surface area contributed by atoms with Crippen molar-refractivity contribution in [3.63, 3.8) is 0 Å². The largest absolute Gasteiger partial charge is 0.310 e. The van der Waals surface area contributed by atoms with Gasteiger partial charge in [0.05, 0.1) is 12.2 Å².